The highest BCUT2D eigenvalue weighted by Crippen LogP contribution is 2.27. The van der Waals surface area contributed by atoms with Gasteiger partial charge in [0.1, 0.15) is 0 Å². The van der Waals surface area contributed by atoms with Crippen LogP contribution >= 0.6 is 0 Å². The van der Waals surface area contributed by atoms with Crippen LogP contribution in [0.2, 0.25) is 0 Å². The summed E-state index contributed by atoms with van der Waals surface area (Å²) in [5.74, 6) is 1.63. The molecule has 0 aliphatic rings. The highest BCUT2D eigenvalue weighted by molar-refractivity contribution is 5.91. The van der Waals surface area contributed by atoms with Crippen LogP contribution in [0.25, 0.3) is 0 Å². The van der Waals surface area contributed by atoms with E-state index < -0.39 is 0 Å². The Morgan fingerprint density at radius 1 is 1.25 bits per heavy atom. The predicted molar refractivity (Wildman–Crippen MR) is 75.2 cm³/mol. The summed E-state index contributed by atoms with van der Waals surface area (Å²) >= 11 is 0. The van der Waals surface area contributed by atoms with Gasteiger partial charge >= 0.3 is 0 Å². The maximum Gasteiger partial charge on any atom is 0.229 e. The molecule has 0 unspecified atom stereocenters. The first-order chi connectivity index (χ1) is 9.62. The SMILES string of the molecule is COc1ccc(CC(=O)Nc2cc(C)[nH]n2)cc1OC. The number of hydrogen-bond donors (Lipinski definition) is 2. The van der Waals surface area contributed by atoms with Gasteiger partial charge in [-0.3, -0.25) is 9.89 Å². The lowest BCUT2D eigenvalue weighted by atomic mass is 10.1. The van der Waals surface area contributed by atoms with Crippen LogP contribution in [0.5, 0.6) is 11.5 Å². The van der Waals surface area contributed by atoms with Crippen LogP contribution in [0.4, 0.5) is 5.82 Å². The standard InChI is InChI=1S/C14H17N3O3/c1-9-6-13(17-16-9)15-14(18)8-10-4-5-11(19-2)12(7-10)20-3/h4-7H,8H2,1-3H3,(H2,15,16,17,18). The summed E-state index contributed by atoms with van der Waals surface area (Å²) in [6.45, 7) is 1.87. The van der Waals surface area contributed by atoms with Gasteiger partial charge in [-0.2, -0.15) is 5.10 Å². The van der Waals surface area contributed by atoms with Crippen molar-refractivity contribution in [2.24, 2.45) is 0 Å². The number of carbonyl (C=O) groups excluding carboxylic acids is 1. The first kappa shape index (κ1) is 13.9. The van der Waals surface area contributed by atoms with Gasteiger partial charge in [0.2, 0.25) is 5.91 Å². The number of amides is 1. The average molecular weight is 275 g/mol. The molecule has 0 radical (unpaired) electrons. The Labute approximate surface area is 117 Å². The zero-order chi connectivity index (χ0) is 14.5. The average Bonchev–Trinajstić information content (AvgIpc) is 2.83. The van der Waals surface area contributed by atoms with Gasteiger partial charge in [0.25, 0.3) is 0 Å². The Morgan fingerprint density at radius 2 is 2.00 bits per heavy atom. The molecule has 6 nitrogen and oxygen atoms in total. The number of nitrogens with zero attached hydrogens (tertiary/aromatic N) is 1. The number of anilines is 1. The van der Waals surface area contributed by atoms with E-state index in [1.54, 1.807) is 32.4 Å². The summed E-state index contributed by atoms with van der Waals surface area (Å²) in [6.07, 6.45) is 0.242. The summed E-state index contributed by atoms with van der Waals surface area (Å²) in [7, 11) is 3.14. The van der Waals surface area contributed by atoms with Crippen molar-refractivity contribution in [1.29, 1.82) is 0 Å². The van der Waals surface area contributed by atoms with Crippen LogP contribution in [0.15, 0.2) is 24.3 Å². The normalized spacial score (nSPS) is 10.2. The van der Waals surface area contributed by atoms with Gasteiger partial charge in [0.15, 0.2) is 17.3 Å². The molecule has 2 rings (SSSR count). The summed E-state index contributed by atoms with van der Waals surface area (Å²) in [4.78, 5) is 11.9. The molecule has 1 aromatic carbocycles. The van der Waals surface area contributed by atoms with Crippen molar-refractivity contribution < 1.29 is 14.3 Å². The molecule has 1 aromatic heterocycles. The van der Waals surface area contributed by atoms with E-state index in [0.717, 1.165) is 11.3 Å². The highest BCUT2D eigenvalue weighted by atomic mass is 16.5. The number of H-pyrrole nitrogens is 1. The molecule has 1 amide bonds. The zero-order valence-corrected chi connectivity index (χ0v) is 11.7. The van der Waals surface area contributed by atoms with Gasteiger partial charge in [-0.05, 0) is 24.6 Å². The van der Waals surface area contributed by atoms with Crippen molar-refractivity contribution in [1.82, 2.24) is 10.2 Å². The van der Waals surface area contributed by atoms with Gasteiger partial charge in [-0.25, -0.2) is 0 Å². The molecule has 1 heterocycles. The molecule has 106 valence electrons. The van der Waals surface area contributed by atoms with E-state index in [-0.39, 0.29) is 12.3 Å². The molecule has 0 spiro atoms. The van der Waals surface area contributed by atoms with Crippen LogP contribution in [-0.4, -0.2) is 30.3 Å². The fraction of sp³-hybridized carbons (Fsp3) is 0.286. The Kier molecular flexibility index (Phi) is 4.24. The Balaban J connectivity index is 2.04. The van der Waals surface area contributed by atoms with Crippen LogP contribution in [-0.2, 0) is 11.2 Å². The summed E-state index contributed by atoms with van der Waals surface area (Å²) in [5, 5.41) is 9.45. The van der Waals surface area contributed by atoms with Gasteiger partial charge in [-0.15, -0.1) is 0 Å². The van der Waals surface area contributed by atoms with E-state index in [0.29, 0.717) is 17.3 Å². The van der Waals surface area contributed by atoms with Crippen molar-refractivity contribution >= 4 is 11.7 Å². The smallest absolute Gasteiger partial charge is 0.229 e. The largest absolute Gasteiger partial charge is 0.493 e. The van der Waals surface area contributed by atoms with Crippen molar-refractivity contribution in [3.8, 4) is 11.5 Å². The first-order valence-electron chi connectivity index (χ1n) is 6.15. The maximum atomic E-state index is 11.9. The molecular weight excluding hydrogens is 258 g/mol. The second-order valence-electron chi connectivity index (χ2n) is 4.35. The molecule has 0 fully saturated rings. The van der Waals surface area contributed by atoms with E-state index in [2.05, 4.69) is 15.5 Å². The minimum atomic E-state index is -0.135. The lowest BCUT2D eigenvalue weighted by Gasteiger charge is -2.09. The van der Waals surface area contributed by atoms with Gasteiger partial charge < -0.3 is 14.8 Å². The lowest BCUT2D eigenvalue weighted by molar-refractivity contribution is -0.115. The first-order valence-corrected chi connectivity index (χ1v) is 6.15. The molecule has 0 aliphatic carbocycles. The molecule has 0 saturated heterocycles. The molecule has 6 heteroatoms. The number of aromatic nitrogens is 2. The Morgan fingerprint density at radius 3 is 2.60 bits per heavy atom. The monoisotopic (exact) mass is 275 g/mol. The summed E-state index contributed by atoms with van der Waals surface area (Å²) in [5.41, 5.74) is 1.74. The second-order valence-corrected chi connectivity index (χ2v) is 4.35. The van der Waals surface area contributed by atoms with E-state index in [1.165, 1.54) is 0 Å². The fourth-order valence-corrected chi connectivity index (χ4v) is 1.85. The molecule has 0 bridgehead atoms. The number of ether oxygens (including phenoxy) is 2. The topological polar surface area (TPSA) is 76.2 Å². The lowest BCUT2D eigenvalue weighted by Crippen LogP contribution is -2.14. The van der Waals surface area contributed by atoms with Crippen LogP contribution < -0.4 is 14.8 Å². The molecule has 0 atom stereocenters. The van der Waals surface area contributed by atoms with Crippen LogP contribution in [0.1, 0.15) is 11.3 Å². The Bertz CT molecular complexity index is 607. The number of carbonyl (C=O) groups is 1. The number of hydrogen-bond acceptors (Lipinski definition) is 4. The quantitative estimate of drug-likeness (QED) is 0.874. The van der Waals surface area contributed by atoms with Crippen LogP contribution in [0, 0.1) is 6.92 Å². The maximum absolute atomic E-state index is 11.9. The van der Waals surface area contributed by atoms with Crippen molar-refractivity contribution in [3.05, 3.63) is 35.5 Å². The summed E-state index contributed by atoms with van der Waals surface area (Å²) < 4.78 is 10.4. The fourth-order valence-electron chi connectivity index (χ4n) is 1.85. The number of nitrogens with one attached hydrogen (secondary N) is 2. The molecule has 2 aromatic rings. The molecule has 0 aliphatic heterocycles. The van der Waals surface area contributed by atoms with Crippen molar-refractivity contribution in [3.63, 3.8) is 0 Å². The van der Waals surface area contributed by atoms with Crippen LogP contribution in [0.3, 0.4) is 0 Å². The van der Waals surface area contributed by atoms with E-state index in [1.807, 2.05) is 13.0 Å². The molecule has 2 N–H and O–H groups in total. The van der Waals surface area contributed by atoms with E-state index in [4.69, 9.17) is 9.47 Å². The number of benzene rings is 1. The number of aromatic amines is 1. The molecule has 20 heavy (non-hydrogen) atoms. The van der Waals surface area contributed by atoms with Gasteiger partial charge in [-0.1, -0.05) is 6.07 Å². The van der Waals surface area contributed by atoms with Crippen molar-refractivity contribution in [2.75, 3.05) is 19.5 Å². The van der Waals surface area contributed by atoms with E-state index >= 15 is 0 Å². The second kappa shape index (κ2) is 6.10. The number of methoxy groups -OCH3 is 2. The van der Waals surface area contributed by atoms with Crippen molar-refractivity contribution in [2.45, 2.75) is 13.3 Å². The summed E-state index contributed by atoms with van der Waals surface area (Å²) in [6, 6.07) is 7.16. The zero-order valence-electron chi connectivity index (χ0n) is 11.7. The van der Waals surface area contributed by atoms with Gasteiger partial charge in [0, 0.05) is 11.8 Å². The third kappa shape index (κ3) is 3.28. The molecular formula is C14H17N3O3. The number of rotatable bonds is 5. The minimum absolute atomic E-state index is 0.135. The Hall–Kier alpha value is -2.50. The predicted octanol–water partition coefficient (Wildman–Crippen LogP) is 1.92. The molecule has 0 saturated carbocycles. The third-order valence-corrected chi connectivity index (χ3v) is 2.79. The number of aryl methyl sites for hydroxylation is 1. The highest BCUT2D eigenvalue weighted by Gasteiger charge is 2.09. The van der Waals surface area contributed by atoms with E-state index in [9.17, 15) is 4.79 Å². The van der Waals surface area contributed by atoms with Gasteiger partial charge in [0.05, 0.1) is 20.6 Å². The minimum Gasteiger partial charge on any atom is -0.493 e. The third-order valence-electron chi connectivity index (χ3n) is 2.79.